The lowest BCUT2D eigenvalue weighted by Crippen LogP contribution is -2.23. The molecular weight excluding hydrogens is 368 g/mol. The number of sulfonamides is 1. The minimum Gasteiger partial charge on any atom is -0.312 e. The number of thioether (sulfide) groups is 1. The van der Waals surface area contributed by atoms with Crippen LogP contribution in [0.2, 0.25) is 0 Å². The summed E-state index contributed by atoms with van der Waals surface area (Å²) in [5.41, 5.74) is 0.717. The van der Waals surface area contributed by atoms with Gasteiger partial charge in [-0.2, -0.15) is 0 Å². The zero-order valence-corrected chi connectivity index (χ0v) is 15.4. The number of amides is 1. The van der Waals surface area contributed by atoms with Crippen LogP contribution in [0.15, 0.2) is 33.5 Å². The molecule has 7 nitrogen and oxygen atoms in total. The van der Waals surface area contributed by atoms with E-state index in [0.717, 1.165) is 16.5 Å². The number of benzene rings is 1. The highest BCUT2D eigenvalue weighted by molar-refractivity contribution is 8.01. The van der Waals surface area contributed by atoms with Crippen molar-refractivity contribution in [3.05, 3.63) is 24.3 Å². The first-order valence-corrected chi connectivity index (χ1v) is 10.7. The Morgan fingerprint density at radius 1 is 1.29 bits per heavy atom. The van der Waals surface area contributed by atoms with Crippen LogP contribution in [0.3, 0.4) is 0 Å². The first-order chi connectivity index (χ1) is 11.5. The molecule has 1 fully saturated rings. The number of nitrogens with zero attached hydrogens (tertiary/aromatic N) is 3. The molecule has 0 unspecified atom stereocenters. The lowest BCUT2D eigenvalue weighted by Gasteiger charge is -2.15. The number of carbonyl (C=O) groups excluding carboxylic acids is 1. The van der Waals surface area contributed by atoms with Crippen LogP contribution in [0.1, 0.15) is 19.8 Å². The van der Waals surface area contributed by atoms with Crippen LogP contribution in [0.4, 0.5) is 10.8 Å². The summed E-state index contributed by atoms with van der Waals surface area (Å²) in [6.07, 6.45) is 1.37. The molecule has 128 valence electrons. The molecule has 24 heavy (non-hydrogen) atoms. The average molecular weight is 385 g/mol. The van der Waals surface area contributed by atoms with Crippen molar-refractivity contribution in [2.45, 2.75) is 29.0 Å². The molecule has 1 N–H and O–H groups in total. The van der Waals surface area contributed by atoms with E-state index in [4.69, 9.17) is 0 Å². The van der Waals surface area contributed by atoms with Crippen LogP contribution in [0.5, 0.6) is 0 Å². The molecule has 1 aromatic carbocycles. The van der Waals surface area contributed by atoms with Gasteiger partial charge in [0.25, 0.3) is 10.0 Å². The topological polar surface area (TPSA) is 92.3 Å². The van der Waals surface area contributed by atoms with Gasteiger partial charge in [0.15, 0.2) is 4.34 Å². The highest BCUT2D eigenvalue weighted by Gasteiger charge is 2.23. The first-order valence-electron chi connectivity index (χ1n) is 7.39. The van der Waals surface area contributed by atoms with Gasteiger partial charge in [0.2, 0.25) is 11.0 Å². The third-order valence-electron chi connectivity index (χ3n) is 3.43. The third kappa shape index (κ3) is 3.70. The Bertz CT molecular complexity index is 833. The first kappa shape index (κ1) is 17.2. The molecule has 0 aliphatic carbocycles. The van der Waals surface area contributed by atoms with Gasteiger partial charge in [-0.05, 0) is 36.4 Å². The van der Waals surface area contributed by atoms with Crippen LogP contribution in [-0.4, -0.2) is 36.8 Å². The van der Waals surface area contributed by atoms with Gasteiger partial charge >= 0.3 is 0 Å². The van der Waals surface area contributed by atoms with Crippen molar-refractivity contribution < 1.29 is 13.2 Å². The maximum absolute atomic E-state index is 12.4. The molecule has 0 atom stereocenters. The number of hydrogen-bond acceptors (Lipinski definition) is 7. The quantitative estimate of drug-likeness (QED) is 0.770. The molecule has 1 aliphatic heterocycles. The van der Waals surface area contributed by atoms with Crippen molar-refractivity contribution in [2.75, 3.05) is 21.9 Å². The summed E-state index contributed by atoms with van der Waals surface area (Å²) in [7, 11) is -3.72. The van der Waals surface area contributed by atoms with E-state index < -0.39 is 10.0 Å². The third-order valence-corrected chi connectivity index (χ3v) is 6.77. The molecule has 10 heteroatoms. The van der Waals surface area contributed by atoms with Crippen LogP contribution in [-0.2, 0) is 14.8 Å². The zero-order chi connectivity index (χ0) is 17.2. The zero-order valence-electron chi connectivity index (χ0n) is 12.9. The van der Waals surface area contributed by atoms with E-state index >= 15 is 0 Å². The molecule has 0 bridgehead atoms. The molecule has 0 spiro atoms. The van der Waals surface area contributed by atoms with Gasteiger partial charge in [-0.3, -0.25) is 9.52 Å². The van der Waals surface area contributed by atoms with Crippen molar-refractivity contribution in [1.29, 1.82) is 0 Å². The standard InChI is InChI=1S/C14H16N4O3S3/c1-2-22-14-16-15-13(23-14)17-24(20,21)11-7-5-10(6-8-11)18-9-3-4-12(18)19/h5-8H,2-4,9H2,1H3,(H,15,17). The van der Waals surface area contributed by atoms with E-state index in [1.165, 1.54) is 35.2 Å². The van der Waals surface area contributed by atoms with Crippen LogP contribution < -0.4 is 9.62 Å². The van der Waals surface area contributed by atoms with Gasteiger partial charge in [0.1, 0.15) is 0 Å². The Kier molecular flexibility index (Phi) is 5.07. The Balaban J connectivity index is 1.75. The minimum absolute atomic E-state index is 0.0681. The molecule has 2 heterocycles. The number of carbonyl (C=O) groups is 1. The Morgan fingerprint density at radius 2 is 2.04 bits per heavy atom. The molecule has 1 aromatic heterocycles. The van der Waals surface area contributed by atoms with Gasteiger partial charge in [0, 0.05) is 18.7 Å². The fourth-order valence-electron chi connectivity index (χ4n) is 2.33. The van der Waals surface area contributed by atoms with Gasteiger partial charge in [0.05, 0.1) is 4.90 Å². The largest absolute Gasteiger partial charge is 0.312 e. The highest BCUT2D eigenvalue weighted by Crippen LogP contribution is 2.28. The second kappa shape index (κ2) is 7.08. The van der Waals surface area contributed by atoms with E-state index in [9.17, 15) is 13.2 Å². The van der Waals surface area contributed by atoms with Crippen molar-refractivity contribution in [1.82, 2.24) is 10.2 Å². The monoisotopic (exact) mass is 384 g/mol. The summed E-state index contributed by atoms with van der Waals surface area (Å²) >= 11 is 2.71. The summed E-state index contributed by atoms with van der Waals surface area (Å²) < 4.78 is 28.0. The van der Waals surface area contributed by atoms with Gasteiger partial charge in [-0.25, -0.2) is 8.42 Å². The van der Waals surface area contributed by atoms with Crippen molar-refractivity contribution >= 4 is 49.8 Å². The van der Waals surface area contributed by atoms with E-state index in [0.29, 0.717) is 18.7 Å². The summed E-state index contributed by atoms with van der Waals surface area (Å²) in [5, 5.41) is 8.00. The number of aromatic nitrogens is 2. The predicted molar refractivity (Wildman–Crippen MR) is 95.1 cm³/mol. The second-order valence-electron chi connectivity index (χ2n) is 5.05. The summed E-state index contributed by atoms with van der Waals surface area (Å²) in [5.74, 6) is 0.913. The normalized spacial score (nSPS) is 15.0. The Hall–Kier alpha value is -1.65. The average Bonchev–Trinajstić information content (AvgIpc) is 3.16. The van der Waals surface area contributed by atoms with Crippen LogP contribution in [0, 0.1) is 0 Å². The van der Waals surface area contributed by atoms with E-state index in [-0.39, 0.29) is 15.9 Å². The predicted octanol–water partition coefficient (Wildman–Crippen LogP) is 2.58. The minimum atomic E-state index is -3.72. The summed E-state index contributed by atoms with van der Waals surface area (Å²) in [6, 6.07) is 6.28. The number of anilines is 2. The summed E-state index contributed by atoms with van der Waals surface area (Å²) in [6.45, 7) is 2.66. The maximum Gasteiger partial charge on any atom is 0.263 e. The molecule has 0 radical (unpaired) electrons. The molecule has 1 aliphatic rings. The van der Waals surface area contributed by atoms with Crippen molar-refractivity contribution in [2.24, 2.45) is 0 Å². The van der Waals surface area contributed by atoms with Crippen LogP contribution in [0.25, 0.3) is 0 Å². The molecule has 0 saturated carbocycles. The molecule has 1 saturated heterocycles. The molecular formula is C14H16N4O3S3. The number of hydrogen-bond donors (Lipinski definition) is 1. The van der Waals surface area contributed by atoms with Gasteiger partial charge in [-0.1, -0.05) is 30.0 Å². The lowest BCUT2D eigenvalue weighted by atomic mass is 10.3. The lowest BCUT2D eigenvalue weighted by molar-refractivity contribution is -0.117. The summed E-state index contributed by atoms with van der Waals surface area (Å²) in [4.78, 5) is 13.5. The van der Waals surface area contributed by atoms with Gasteiger partial charge < -0.3 is 4.90 Å². The van der Waals surface area contributed by atoms with Crippen LogP contribution >= 0.6 is 23.1 Å². The number of rotatable bonds is 6. The highest BCUT2D eigenvalue weighted by atomic mass is 32.2. The Labute approximate surface area is 148 Å². The fourth-order valence-corrected chi connectivity index (χ4v) is 5.21. The molecule has 1 amide bonds. The van der Waals surface area contributed by atoms with Crippen molar-refractivity contribution in [3.8, 4) is 0 Å². The van der Waals surface area contributed by atoms with E-state index in [1.54, 1.807) is 17.0 Å². The second-order valence-corrected chi connectivity index (χ2v) is 9.23. The fraction of sp³-hybridized carbons (Fsp3) is 0.357. The smallest absolute Gasteiger partial charge is 0.263 e. The molecule has 3 rings (SSSR count). The van der Waals surface area contributed by atoms with E-state index in [1.807, 2.05) is 6.92 Å². The SMILES string of the molecule is CCSc1nnc(NS(=O)(=O)c2ccc(N3CCCC3=O)cc2)s1. The van der Waals surface area contributed by atoms with Gasteiger partial charge in [-0.15, -0.1) is 10.2 Å². The maximum atomic E-state index is 12.4. The number of nitrogens with one attached hydrogen (secondary N) is 1. The van der Waals surface area contributed by atoms with Crippen molar-refractivity contribution in [3.63, 3.8) is 0 Å². The molecule has 2 aromatic rings. The van der Waals surface area contributed by atoms with E-state index in [2.05, 4.69) is 14.9 Å². The Morgan fingerprint density at radius 3 is 2.67 bits per heavy atom.